The fourth-order valence-corrected chi connectivity index (χ4v) is 1.28. The quantitative estimate of drug-likeness (QED) is 0.457. The predicted octanol–water partition coefficient (Wildman–Crippen LogP) is 2.02. The first-order chi connectivity index (χ1) is 8.76. The van der Waals surface area contributed by atoms with Crippen molar-refractivity contribution in [2.45, 2.75) is 13.3 Å². The highest BCUT2D eigenvalue weighted by Crippen LogP contribution is 2.13. The van der Waals surface area contributed by atoms with Crippen LogP contribution in [-0.2, 0) is 9.53 Å². The molecule has 1 aromatic rings. The van der Waals surface area contributed by atoms with E-state index in [9.17, 15) is 4.79 Å². The van der Waals surface area contributed by atoms with Gasteiger partial charge in [0.2, 0.25) is 0 Å². The Morgan fingerprint density at radius 1 is 1.33 bits per heavy atom. The van der Waals surface area contributed by atoms with E-state index >= 15 is 0 Å². The number of ether oxygens (including phenoxy) is 2. The summed E-state index contributed by atoms with van der Waals surface area (Å²) in [6.07, 6.45) is 3.70. The van der Waals surface area contributed by atoms with Crippen molar-refractivity contribution in [3.63, 3.8) is 0 Å². The standard InChI is InChI=1S/C14H18O4/c1-2-17-14(16)9-6-12-4-7-13(8-5-12)18-11-3-10-15/h4-9,15H,2-3,10-11H2,1H3/b9-6+. The van der Waals surface area contributed by atoms with Crippen molar-refractivity contribution < 1.29 is 19.4 Å². The molecule has 0 atom stereocenters. The van der Waals surface area contributed by atoms with Crippen molar-refractivity contribution in [1.82, 2.24) is 0 Å². The van der Waals surface area contributed by atoms with Crippen LogP contribution < -0.4 is 4.74 Å². The summed E-state index contributed by atoms with van der Waals surface area (Å²) in [6, 6.07) is 7.35. The number of hydrogen-bond donors (Lipinski definition) is 1. The molecule has 1 aromatic carbocycles. The Hall–Kier alpha value is -1.81. The number of benzene rings is 1. The summed E-state index contributed by atoms with van der Waals surface area (Å²) in [7, 11) is 0. The van der Waals surface area contributed by atoms with Gasteiger partial charge < -0.3 is 14.6 Å². The lowest BCUT2D eigenvalue weighted by atomic mass is 10.2. The third-order valence-corrected chi connectivity index (χ3v) is 2.15. The third kappa shape index (κ3) is 5.50. The summed E-state index contributed by atoms with van der Waals surface area (Å²) in [5, 5.41) is 8.62. The van der Waals surface area contributed by atoms with Crippen LogP contribution in [0.2, 0.25) is 0 Å². The van der Waals surface area contributed by atoms with Crippen LogP contribution in [0.15, 0.2) is 30.3 Å². The van der Waals surface area contributed by atoms with Gasteiger partial charge in [0, 0.05) is 19.1 Å². The predicted molar refractivity (Wildman–Crippen MR) is 69.3 cm³/mol. The van der Waals surface area contributed by atoms with E-state index in [4.69, 9.17) is 14.6 Å². The summed E-state index contributed by atoms with van der Waals surface area (Å²) in [4.78, 5) is 11.1. The van der Waals surface area contributed by atoms with Crippen LogP contribution in [0.1, 0.15) is 18.9 Å². The second-order valence-corrected chi connectivity index (χ2v) is 3.58. The Kier molecular flexibility index (Phi) is 6.58. The smallest absolute Gasteiger partial charge is 0.330 e. The fourth-order valence-electron chi connectivity index (χ4n) is 1.28. The topological polar surface area (TPSA) is 55.8 Å². The zero-order valence-corrected chi connectivity index (χ0v) is 10.5. The Balaban J connectivity index is 2.47. The summed E-state index contributed by atoms with van der Waals surface area (Å²) in [6.45, 7) is 2.76. The molecule has 0 heterocycles. The molecule has 0 saturated carbocycles. The van der Waals surface area contributed by atoms with Gasteiger partial charge in [-0.2, -0.15) is 0 Å². The Morgan fingerprint density at radius 3 is 2.67 bits per heavy atom. The molecular weight excluding hydrogens is 232 g/mol. The summed E-state index contributed by atoms with van der Waals surface area (Å²) >= 11 is 0. The molecule has 98 valence electrons. The molecule has 0 aliphatic heterocycles. The van der Waals surface area contributed by atoms with Crippen LogP contribution >= 0.6 is 0 Å². The Labute approximate surface area is 107 Å². The van der Waals surface area contributed by atoms with Crippen LogP contribution in [-0.4, -0.2) is 30.9 Å². The minimum Gasteiger partial charge on any atom is -0.494 e. The van der Waals surface area contributed by atoms with Crippen molar-refractivity contribution in [1.29, 1.82) is 0 Å². The fraction of sp³-hybridized carbons (Fsp3) is 0.357. The molecule has 18 heavy (non-hydrogen) atoms. The average molecular weight is 250 g/mol. The van der Waals surface area contributed by atoms with Crippen molar-refractivity contribution in [2.75, 3.05) is 19.8 Å². The van der Waals surface area contributed by atoms with E-state index in [2.05, 4.69) is 0 Å². The second kappa shape index (κ2) is 8.31. The number of aliphatic hydroxyl groups excluding tert-OH is 1. The van der Waals surface area contributed by atoms with Crippen LogP contribution in [0.5, 0.6) is 5.75 Å². The lowest BCUT2D eigenvalue weighted by molar-refractivity contribution is -0.137. The highest BCUT2D eigenvalue weighted by molar-refractivity contribution is 5.87. The highest BCUT2D eigenvalue weighted by atomic mass is 16.5. The van der Waals surface area contributed by atoms with Crippen LogP contribution in [0, 0.1) is 0 Å². The van der Waals surface area contributed by atoms with Crippen molar-refractivity contribution in [3.05, 3.63) is 35.9 Å². The summed E-state index contributed by atoms with van der Waals surface area (Å²) in [5.41, 5.74) is 0.901. The van der Waals surface area contributed by atoms with Crippen molar-refractivity contribution in [2.24, 2.45) is 0 Å². The number of rotatable bonds is 7. The molecule has 1 N–H and O–H groups in total. The van der Waals surface area contributed by atoms with Gasteiger partial charge in [-0.25, -0.2) is 4.79 Å². The SMILES string of the molecule is CCOC(=O)/C=C/c1ccc(OCCCO)cc1. The average Bonchev–Trinajstić information content (AvgIpc) is 2.38. The van der Waals surface area contributed by atoms with E-state index in [0.717, 1.165) is 11.3 Å². The number of esters is 1. The maximum Gasteiger partial charge on any atom is 0.330 e. The minimum absolute atomic E-state index is 0.125. The van der Waals surface area contributed by atoms with E-state index in [1.807, 2.05) is 24.3 Å². The zero-order chi connectivity index (χ0) is 13.2. The van der Waals surface area contributed by atoms with Gasteiger partial charge in [0.05, 0.1) is 13.2 Å². The lowest BCUT2D eigenvalue weighted by Crippen LogP contribution is -1.99. The maximum atomic E-state index is 11.1. The van der Waals surface area contributed by atoms with Gasteiger partial charge in [-0.3, -0.25) is 0 Å². The molecule has 0 radical (unpaired) electrons. The normalized spacial score (nSPS) is 10.6. The van der Waals surface area contributed by atoms with Crippen LogP contribution in [0.25, 0.3) is 6.08 Å². The highest BCUT2D eigenvalue weighted by Gasteiger charge is 1.96. The molecule has 1 rings (SSSR count). The third-order valence-electron chi connectivity index (χ3n) is 2.15. The van der Waals surface area contributed by atoms with Crippen LogP contribution in [0.3, 0.4) is 0 Å². The van der Waals surface area contributed by atoms with Crippen LogP contribution in [0.4, 0.5) is 0 Å². The maximum absolute atomic E-state index is 11.1. The Morgan fingerprint density at radius 2 is 2.06 bits per heavy atom. The Bertz CT molecular complexity index is 381. The molecule has 0 spiro atoms. The van der Waals surface area contributed by atoms with Gasteiger partial charge in [-0.1, -0.05) is 12.1 Å². The van der Waals surface area contributed by atoms with Gasteiger partial charge in [-0.15, -0.1) is 0 Å². The van der Waals surface area contributed by atoms with E-state index in [1.165, 1.54) is 6.08 Å². The number of carbonyl (C=O) groups is 1. The molecule has 0 amide bonds. The van der Waals surface area contributed by atoms with Gasteiger partial charge in [-0.05, 0) is 30.7 Å². The summed E-state index contributed by atoms with van der Waals surface area (Å²) in [5.74, 6) is 0.400. The van der Waals surface area contributed by atoms with Gasteiger partial charge in [0.25, 0.3) is 0 Å². The molecule has 0 fully saturated rings. The molecule has 0 saturated heterocycles. The lowest BCUT2D eigenvalue weighted by Gasteiger charge is -2.04. The van der Waals surface area contributed by atoms with Gasteiger partial charge >= 0.3 is 5.97 Å². The zero-order valence-electron chi connectivity index (χ0n) is 10.5. The molecule has 0 unspecified atom stereocenters. The monoisotopic (exact) mass is 250 g/mol. The van der Waals surface area contributed by atoms with Crippen molar-refractivity contribution in [3.8, 4) is 5.75 Å². The number of carbonyl (C=O) groups excluding carboxylic acids is 1. The van der Waals surface area contributed by atoms with E-state index in [0.29, 0.717) is 19.6 Å². The van der Waals surface area contributed by atoms with E-state index in [-0.39, 0.29) is 12.6 Å². The molecule has 4 nitrogen and oxygen atoms in total. The number of hydrogen-bond acceptors (Lipinski definition) is 4. The number of aliphatic hydroxyl groups is 1. The van der Waals surface area contributed by atoms with Crippen molar-refractivity contribution >= 4 is 12.0 Å². The molecule has 0 aliphatic rings. The minimum atomic E-state index is -0.347. The first-order valence-electron chi connectivity index (χ1n) is 5.95. The first-order valence-corrected chi connectivity index (χ1v) is 5.95. The molecule has 0 bridgehead atoms. The molecule has 0 aliphatic carbocycles. The molecular formula is C14H18O4. The van der Waals surface area contributed by atoms with E-state index < -0.39 is 0 Å². The van der Waals surface area contributed by atoms with E-state index in [1.54, 1.807) is 13.0 Å². The molecule has 0 aromatic heterocycles. The largest absolute Gasteiger partial charge is 0.494 e. The molecule has 4 heteroatoms. The summed E-state index contributed by atoms with van der Waals surface area (Å²) < 4.78 is 10.2. The first kappa shape index (κ1) is 14.3. The van der Waals surface area contributed by atoms with Gasteiger partial charge in [0.1, 0.15) is 5.75 Å². The van der Waals surface area contributed by atoms with Gasteiger partial charge in [0.15, 0.2) is 0 Å². The second-order valence-electron chi connectivity index (χ2n) is 3.58.